The van der Waals surface area contributed by atoms with E-state index in [9.17, 15) is 4.79 Å². The number of fused-ring (bicyclic) bond motifs is 1. The average Bonchev–Trinajstić information content (AvgIpc) is 2.27. The molecule has 0 spiro atoms. The first-order valence-corrected chi connectivity index (χ1v) is 5.19. The zero-order chi connectivity index (χ0) is 9.97. The fraction of sp³-hybridized carbons (Fsp3) is 0.222. The zero-order valence-corrected chi connectivity index (χ0v) is 8.30. The quantitative estimate of drug-likeness (QED) is 0.359. The number of hydrogen-bond acceptors (Lipinski definition) is 4. The van der Waals surface area contributed by atoms with Crippen molar-refractivity contribution >= 4 is 23.4 Å². The molecule has 74 valence electrons. The Morgan fingerprint density at radius 3 is 3.14 bits per heavy atom. The lowest BCUT2D eigenvalue weighted by atomic mass is 10.3. The first kappa shape index (κ1) is 9.36. The second kappa shape index (κ2) is 3.89. The average molecular weight is 209 g/mol. The van der Waals surface area contributed by atoms with Gasteiger partial charge in [0.05, 0.1) is 0 Å². The Morgan fingerprint density at radius 1 is 1.57 bits per heavy atom. The monoisotopic (exact) mass is 209 g/mol. The number of thioether (sulfide) groups is 1. The molecule has 1 aliphatic heterocycles. The van der Waals surface area contributed by atoms with E-state index in [0.717, 1.165) is 10.6 Å². The molecule has 1 aromatic rings. The largest absolute Gasteiger partial charge is 0.382 e. The molecule has 0 aromatic heterocycles. The lowest BCUT2D eigenvalue weighted by Crippen LogP contribution is -2.41. The Bertz CT molecular complexity index is 356. The normalized spacial score (nSPS) is 19.4. The highest BCUT2D eigenvalue weighted by atomic mass is 32.2. The van der Waals surface area contributed by atoms with Gasteiger partial charge in [0, 0.05) is 17.1 Å². The van der Waals surface area contributed by atoms with Crippen LogP contribution in [-0.2, 0) is 4.79 Å². The third-order valence-corrected chi connectivity index (χ3v) is 3.34. The lowest BCUT2D eigenvalue weighted by molar-refractivity contribution is -0.120. The molecule has 0 saturated carbocycles. The number of benzene rings is 1. The zero-order valence-electron chi connectivity index (χ0n) is 7.49. The van der Waals surface area contributed by atoms with Crippen molar-refractivity contribution in [2.45, 2.75) is 10.1 Å². The highest BCUT2D eigenvalue weighted by Gasteiger charge is 2.23. The molecule has 14 heavy (non-hydrogen) atoms. The second-order valence-corrected chi connectivity index (χ2v) is 4.24. The summed E-state index contributed by atoms with van der Waals surface area (Å²) in [5.41, 5.74) is 3.25. The third-order valence-electron chi connectivity index (χ3n) is 2.07. The predicted molar refractivity (Wildman–Crippen MR) is 56.9 cm³/mol. The summed E-state index contributed by atoms with van der Waals surface area (Å²) in [6, 6.07) is 7.91. The molecule has 0 fully saturated rings. The first-order chi connectivity index (χ1) is 6.81. The molecular formula is C9H11N3OS. The molecular weight excluding hydrogens is 198 g/mol. The summed E-state index contributed by atoms with van der Waals surface area (Å²) in [6.07, 6.45) is 0. The minimum absolute atomic E-state index is 0.142. The fourth-order valence-electron chi connectivity index (χ4n) is 1.35. The maximum absolute atomic E-state index is 11.3. The number of para-hydroxylation sites is 1. The van der Waals surface area contributed by atoms with E-state index >= 15 is 0 Å². The Kier molecular flexibility index (Phi) is 2.60. The van der Waals surface area contributed by atoms with Crippen LogP contribution in [0.15, 0.2) is 29.2 Å². The lowest BCUT2D eigenvalue weighted by Gasteiger charge is -2.23. The molecule has 4 N–H and O–H groups in total. The molecule has 1 atom stereocenters. The van der Waals surface area contributed by atoms with Gasteiger partial charge in [-0.05, 0) is 12.1 Å². The van der Waals surface area contributed by atoms with Crippen LogP contribution in [0.4, 0.5) is 5.69 Å². The van der Waals surface area contributed by atoms with Crippen molar-refractivity contribution < 1.29 is 4.79 Å². The van der Waals surface area contributed by atoms with Crippen LogP contribution in [0, 0.1) is 0 Å². The van der Waals surface area contributed by atoms with E-state index in [-0.39, 0.29) is 11.2 Å². The number of carbonyl (C=O) groups excluding carboxylic acids is 1. The number of amides is 1. The van der Waals surface area contributed by atoms with Crippen molar-refractivity contribution in [1.82, 2.24) is 5.43 Å². The summed E-state index contributed by atoms with van der Waals surface area (Å²) < 4.78 is 0. The maximum Gasteiger partial charge on any atom is 0.249 e. The number of anilines is 1. The SMILES string of the molecule is NNC(=O)[C@@H]1CNc2ccccc2S1. The maximum atomic E-state index is 11.3. The molecule has 0 unspecified atom stereocenters. The number of hydrogen-bond donors (Lipinski definition) is 3. The summed E-state index contributed by atoms with van der Waals surface area (Å²) in [7, 11) is 0. The smallest absolute Gasteiger partial charge is 0.249 e. The minimum Gasteiger partial charge on any atom is -0.382 e. The molecule has 1 amide bonds. The van der Waals surface area contributed by atoms with E-state index in [4.69, 9.17) is 5.84 Å². The summed E-state index contributed by atoms with van der Waals surface area (Å²) >= 11 is 1.54. The molecule has 0 saturated heterocycles. The van der Waals surface area contributed by atoms with Crippen LogP contribution >= 0.6 is 11.8 Å². The molecule has 2 rings (SSSR count). The molecule has 5 heteroatoms. The van der Waals surface area contributed by atoms with Gasteiger partial charge in [0.15, 0.2) is 0 Å². The van der Waals surface area contributed by atoms with Crippen LogP contribution in [-0.4, -0.2) is 17.7 Å². The summed E-state index contributed by atoms with van der Waals surface area (Å²) in [6.45, 7) is 0.616. The van der Waals surface area contributed by atoms with Crippen LogP contribution in [0.2, 0.25) is 0 Å². The summed E-state index contributed by atoms with van der Waals surface area (Å²) in [5.74, 6) is 4.94. The van der Waals surface area contributed by atoms with E-state index < -0.39 is 0 Å². The molecule has 1 aliphatic rings. The Labute approximate surface area is 86.2 Å². The van der Waals surface area contributed by atoms with Gasteiger partial charge in [-0.2, -0.15) is 0 Å². The highest BCUT2D eigenvalue weighted by molar-refractivity contribution is 8.00. The van der Waals surface area contributed by atoms with Gasteiger partial charge >= 0.3 is 0 Å². The molecule has 0 bridgehead atoms. The number of hydrazine groups is 1. The molecule has 0 aliphatic carbocycles. The van der Waals surface area contributed by atoms with Crippen LogP contribution in [0.1, 0.15) is 0 Å². The van der Waals surface area contributed by atoms with E-state index in [0.29, 0.717) is 6.54 Å². The van der Waals surface area contributed by atoms with Gasteiger partial charge in [-0.15, -0.1) is 11.8 Å². The van der Waals surface area contributed by atoms with Crippen LogP contribution in [0.5, 0.6) is 0 Å². The number of rotatable bonds is 1. The van der Waals surface area contributed by atoms with Crippen molar-refractivity contribution in [3.05, 3.63) is 24.3 Å². The molecule has 1 aromatic carbocycles. The Morgan fingerprint density at radius 2 is 2.36 bits per heavy atom. The van der Waals surface area contributed by atoms with Gasteiger partial charge in [0.25, 0.3) is 0 Å². The molecule has 4 nitrogen and oxygen atoms in total. The highest BCUT2D eigenvalue weighted by Crippen LogP contribution is 2.34. The summed E-state index contributed by atoms with van der Waals surface area (Å²) in [5, 5.41) is 3.05. The van der Waals surface area contributed by atoms with Crippen molar-refractivity contribution in [3.8, 4) is 0 Å². The van der Waals surface area contributed by atoms with Gasteiger partial charge in [-0.3, -0.25) is 10.2 Å². The van der Waals surface area contributed by atoms with Crippen molar-refractivity contribution in [2.24, 2.45) is 5.84 Å². The predicted octanol–water partition coefficient (Wildman–Crippen LogP) is 0.563. The van der Waals surface area contributed by atoms with Gasteiger partial charge in [0.2, 0.25) is 5.91 Å². The number of nitrogens with one attached hydrogen (secondary N) is 2. The fourth-order valence-corrected chi connectivity index (χ4v) is 2.42. The second-order valence-electron chi connectivity index (χ2n) is 2.99. The Balaban J connectivity index is 2.17. The topological polar surface area (TPSA) is 67.1 Å². The van der Waals surface area contributed by atoms with Crippen molar-refractivity contribution in [1.29, 1.82) is 0 Å². The van der Waals surface area contributed by atoms with Crippen LogP contribution < -0.4 is 16.6 Å². The number of carbonyl (C=O) groups is 1. The van der Waals surface area contributed by atoms with E-state index in [1.165, 1.54) is 11.8 Å². The van der Waals surface area contributed by atoms with Crippen molar-refractivity contribution in [2.75, 3.05) is 11.9 Å². The number of nitrogens with two attached hydrogens (primary N) is 1. The van der Waals surface area contributed by atoms with Gasteiger partial charge in [-0.1, -0.05) is 12.1 Å². The summed E-state index contributed by atoms with van der Waals surface area (Å²) in [4.78, 5) is 12.4. The van der Waals surface area contributed by atoms with Gasteiger partial charge in [0.1, 0.15) is 5.25 Å². The van der Waals surface area contributed by atoms with Crippen molar-refractivity contribution in [3.63, 3.8) is 0 Å². The Hall–Kier alpha value is -1.20. The minimum atomic E-state index is -0.144. The van der Waals surface area contributed by atoms with E-state index in [1.54, 1.807) is 0 Å². The standard InChI is InChI=1S/C9H11N3OS/c10-12-9(13)8-5-11-6-3-1-2-4-7(6)14-8/h1-4,8,11H,5,10H2,(H,12,13)/t8-/m0/s1. The van der Waals surface area contributed by atoms with Gasteiger partial charge in [-0.25, -0.2) is 5.84 Å². The van der Waals surface area contributed by atoms with E-state index in [1.807, 2.05) is 24.3 Å². The van der Waals surface area contributed by atoms with Gasteiger partial charge < -0.3 is 5.32 Å². The third kappa shape index (κ3) is 1.69. The van der Waals surface area contributed by atoms with E-state index in [2.05, 4.69) is 10.7 Å². The first-order valence-electron chi connectivity index (χ1n) is 4.31. The molecule has 0 radical (unpaired) electrons. The van der Waals surface area contributed by atoms with Crippen LogP contribution in [0.25, 0.3) is 0 Å². The molecule has 1 heterocycles. The van der Waals surface area contributed by atoms with Crippen LogP contribution in [0.3, 0.4) is 0 Å².